The topological polar surface area (TPSA) is 21.6 Å². The summed E-state index contributed by atoms with van der Waals surface area (Å²) in [5, 5.41) is 3.29. The Balaban J connectivity index is 2.87. The maximum atomic E-state index is 12.5. The summed E-state index contributed by atoms with van der Waals surface area (Å²) in [5.41, 5.74) is -0.653. The average Bonchev–Trinajstić information content (AvgIpc) is 2.17. The molecule has 5 heteroatoms. The quantitative estimate of drug-likeness (QED) is 0.562. The lowest BCUT2D eigenvalue weighted by Crippen LogP contribution is -2.09. The van der Waals surface area contributed by atoms with Gasteiger partial charge in [-0.2, -0.15) is 13.2 Å². The maximum absolute atomic E-state index is 12.5. The molecule has 1 radical (unpaired) electrons. The van der Waals surface area contributed by atoms with Gasteiger partial charge >= 0.3 is 6.18 Å². The highest BCUT2D eigenvalue weighted by Crippen LogP contribution is 2.32. The van der Waals surface area contributed by atoms with Crippen molar-refractivity contribution in [1.82, 2.24) is 0 Å². The van der Waals surface area contributed by atoms with Crippen LogP contribution in [0.4, 0.5) is 13.2 Å². The number of hydrogen-bond acceptors (Lipinski definition) is 2. The largest absolute Gasteiger partial charge is 0.416 e. The molecule has 0 aliphatic carbocycles. The molecule has 0 atom stereocenters. The summed E-state index contributed by atoms with van der Waals surface area (Å²) in [5.74, 6) is 0. The molecule has 0 aromatic heterocycles. The van der Waals surface area contributed by atoms with Crippen LogP contribution in [0.1, 0.15) is 11.1 Å². The zero-order valence-corrected chi connectivity index (χ0v) is 7.79. The first kappa shape index (κ1) is 11.6. The Bertz CT molecular complexity index is 347. The molecular formula is C10H9F3NO. The second-order valence-electron chi connectivity index (χ2n) is 2.72. The fourth-order valence-electron chi connectivity index (χ4n) is 1.08. The van der Waals surface area contributed by atoms with Gasteiger partial charge in [-0.25, -0.2) is 0 Å². The van der Waals surface area contributed by atoms with E-state index in [1.165, 1.54) is 18.2 Å². The molecule has 0 spiro atoms. The Morgan fingerprint density at radius 2 is 2.00 bits per heavy atom. The minimum absolute atomic E-state index is 0.0515. The van der Waals surface area contributed by atoms with Crippen LogP contribution in [-0.2, 0) is 17.6 Å². The number of oxime groups is 1. The smallest absolute Gasteiger partial charge is 0.391 e. The molecule has 0 N–H and O–H groups in total. The molecule has 0 saturated carbocycles. The van der Waals surface area contributed by atoms with Gasteiger partial charge in [0.15, 0.2) is 0 Å². The first-order valence-electron chi connectivity index (χ1n) is 4.14. The van der Waals surface area contributed by atoms with Crippen molar-refractivity contribution in [2.24, 2.45) is 5.16 Å². The molecule has 0 saturated heterocycles. The van der Waals surface area contributed by atoms with Gasteiger partial charge in [-0.1, -0.05) is 23.4 Å². The van der Waals surface area contributed by atoms with Crippen LogP contribution in [0.5, 0.6) is 0 Å². The number of rotatable bonds is 3. The molecule has 0 fully saturated rings. The monoisotopic (exact) mass is 216 g/mol. The molecule has 0 unspecified atom stereocenters. The third kappa shape index (κ3) is 3.27. The van der Waals surface area contributed by atoms with Gasteiger partial charge in [0.1, 0.15) is 6.61 Å². The predicted octanol–water partition coefficient (Wildman–Crippen LogP) is 3.04. The molecule has 1 aromatic carbocycles. The van der Waals surface area contributed by atoms with E-state index in [-0.39, 0.29) is 12.2 Å². The fourth-order valence-corrected chi connectivity index (χ4v) is 1.08. The molecule has 1 aromatic rings. The zero-order valence-electron chi connectivity index (χ0n) is 7.79. The second kappa shape index (κ2) is 4.82. The molecule has 0 aliphatic heterocycles. The Morgan fingerprint density at radius 1 is 1.33 bits per heavy atom. The Labute approximate surface area is 85.4 Å². The molecule has 2 nitrogen and oxygen atoms in total. The van der Waals surface area contributed by atoms with Gasteiger partial charge in [-0.05, 0) is 13.0 Å². The van der Waals surface area contributed by atoms with Crippen molar-refractivity contribution < 1.29 is 18.0 Å². The summed E-state index contributed by atoms with van der Waals surface area (Å²) in [6.45, 7) is 3.03. The van der Waals surface area contributed by atoms with Gasteiger partial charge in [-0.15, -0.1) is 0 Å². The second-order valence-corrected chi connectivity index (χ2v) is 2.72. The van der Waals surface area contributed by atoms with Gasteiger partial charge in [0.2, 0.25) is 0 Å². The van der Waals surface area contributed by atoms with Gasteiger partial charge in [0.25, 0.3) is 0 Å². The van der Waals surface area contributed by atoms with Crippen LogP contribution in [0.25, 0.3) is 0 Å². The Hall–Kier alpha value is -1.52. The predicted molar refractivity (Wildman–Crippen MR) is 50.1 cm³/mol. The van der Waals surface area contributed by atoms with E-state index in [0.717, 1.165) is 12.3 Å². The van der Waals surface area contributed by atoms with Gasteiger partial charge in [0.05, 0.1) is 5.56 Å². The van der Waals surface area contributed by atoms with E-state index >= 15 is 0 Å². The van der Waals surface area contributed by atoms with Crippen molar-refractivity contribution in [3.63, 3.8) is 0 Å². The Morgan fingerprint density at radius 3 is 2.60 bits per heavy atom. The van der Waals surface area contributed by atoms with E-state index in [1.807, 2.05) is 0 Å². The van der Waals surface area contributed by atoms with Crippen LogP contribution in [0, 0.1) is 6.92 Å². The summed E-state index contributed by atoms with van der Waals surface area (Å²) in [6.07, 6.45) is -3.25. The maximum Gasteiger partial charge on any atom is 0.416 e. The first-order valence-corrected chi connectivity index (χ1v) is 4.14. The molecule has 0 heterocycles. The number of hydrogen-bond donors (Lipinski definition) is 0. The van der Waals surface area contributed by atoms with E-state index in [4.69, 9.17) is 0 Å². The highest BCUT2D eigenvalue weighted by molar-refractivity contribution is 5.60. The molecule has 0 bridgehead atoms. The summed E-state index contributed by atoms with van der Waals surface area (Å²) >= 11 is 0. The van der Waals surface area contributed by atoms with E-state index in [1.54, 1.807) is 0 Å². The van der Waals surface area contributed by atoms with Crippen molar-refractivity contribution >= 4 is 6.21 Å². The van der Waals surface area contributed by atoms with Gasteiger partial charge in [0, 0.05) is 11.8 Å². The molecule has 1 rings (SSSR count). The minimum Gasteiger partial charge on any atom is -0.391 e. The van der Waals surface area contributed by atoms with Crippen LogP contribution in [0.2, 0.25) is 0 Å². The van der Waals surface area contributed by atoms with Crippen LogP contribution >= 0.6 is 0 Å². The number of benzene rings is 1. The van der Waals surface area contributed by atoms with Crippen LogP contribution in [-0.4, -0.2) is 6.21 Å². The number of alkyl halides is 3. The van der Waals surface area contributed by atoms with Crippen molar-refractivity contribution in [2.45, 2.75) is 12.8 Å². The summed E-state index contributed by atoms with van der Waals surface area (Å²) < 4.78 is 37.4. The van der Waals surface area contributed by atoms with E-state index < -0.39 is 11.7 Å². The van der Waals surface area contributed by atoms with Crippen molar-refractivity contribution in [1.29, 1.82) is 0 Å². The highest BCUT2D eigenvalue weighted by atomic mass is 19.4. The number of nitrogens with zero attached hydrogens (tertiary/aromatic N) is 1. The Kier molecular flexibility index (Phi) is 3.71. The third-order valence-corrected chi connectivity index (χ3v) is 1.69. The number of halogens is 3. The molecule has 0 amide bonds. The van der Waals surface area contributed by atoms with Crippen LogP contribution in [0.15, 0.2) is 29.4 Å². The van der Waals surface area contributed by atoms with E-state index in [0.29, 0.717) is 0 Å². The molecule has 81 valence electrons. The lowest BCUT2D eigenvalue weighted by Gasteiger charge is -2.11. The zero-order chi connectivity index (χ0) is 11.3. The van der Waals surface area contributed by atoms with Crippen molar-refractivity contribution in [3.05, 3.63) is 42.3 Å². The third-order valence-electron chi connectivity index (χ3n) is 1.69. The lowest BCUT2D eigenvalue weighted by atomic mass is 10.1. The minimum atomic E-state index is -4.37. The molecule has 15 heavy (non-hydrogen) atoms. The first-order chi connectivity index (χ1) is 7.05. The van der Waals surface area contributed by atoms with E-state index in [9.17, 15) is 13.2 Å². The van der Waals surface area contributed by atoms with Crippen LogP contribution < -0.4 is 0 Å². The fraction of sp³-hybridized carbons (Fsp3) is 0.200. The average molecular weight is 216 g/mol. The summed E-state index contributed by atoms with van der Waals surface area (Å²) in [4.78, 5) is 4.61. The van der Waals surface area contributed by atoms with Crippen molar-refractivity contribution in [3.8, 4) is 0 Å². The molecule has 0 aliphatic rings. The normalized spacial score (nSPS) is 12.0. The van der Waals surface area contributed by atoms with Crippen LogP contribution in [0.3, 0.4) is 0 Å². The highest BCUT2D eigenvalue weighted by Gasteiger charge is 2.32. The summed E-state index contributed by atoms with van der Waals surface area (Å²) in [7, 11) is 0. The SMILES string of the molecule is [CH2]C=NOCc1ccccc1C(F)(F)F. The van der Waals surface area contributed by atoms with Crippen molar-refractivity contribution in [2.75, 3.05) is 0 Å². The standard InChI is InChI=1S/C10H9F3NO/c1-2-14-15-7-8-5-3-4-6-9(8)10(11,12)13/h2-6H,1,7H2. The lowest BCUT2D eigenvalue weighted by molar-refractivity contribution is -0.138. The van der Waals surface area contributed by atoms with E-state index in [2.05, 4.69) is 16.9 Å². The molecular weight excluding hydrogens is 207 g/mol. The summed E-state index contributed by atoms with van der Waals surface area (Å²) in [6, 6.07) is 5.20. The van der Waals surface area contributed by atoms with Gasteiger partial charge in [-0.3, -0.25) is 0 Å². The van der Waals surface area contributed by atoms with Gasteiger partial charge < -0.3 is 4.84 Å².